The highest BCUT2D eigenvalue weighted by Gasteiger charge is 2.14. The second kappa shape index (κ2) is 10.7. The standard InChI is InChI=1S/C27H18FN5O3S/c1-29-23-14-19-22(15-25(23)35-16-17-5-3-2-4-6-17)30-10-9-24(19)36-18-7-8-21(20(28)13-18)32-26(34)33-27-31-11-12-37-27/h2-15H,16H2,(H2,31,32,33,34). The van der Waals surface area contributed by atoms with Crippen LogP contribution in [0.15, 0.2) is 84.5 Å². The molecule has 2 amide bonds. The Balaban J connectivity index is 1.34. The quantitative estimate of drug-likeness (QED) is 0.222. The molecule has 0 radical (unpaired) electrons. The van der Waals surface area contributed by atoms with Crippen LogP contribution < -0.4 is 20.1 Å². The number of hydrogen-bond acceptors (Lipinski definition) is 6. The maximum Gasteiger partial charge on any atom is 0.325 e. The maximum absolute atomic E-state index is 14.7. The molecule has 5 rings (SSSR count). The smallest absolute Gasteiger partial charge is 0.325 e. The summed E-state index contributed by atoms with van der Waals surface area (Å²) in [5.74, 6) is 0.341. The predicted molar refractivity (Wildman–Crippen MR) is 140 cm³/mol. The number of halogens is 1. The van der Waals surface area contributed by atoms with Gasteiger partial charge in [0.1, 0.15) is 29.7 Å². The van der Waals surface area contributed by atoms with Crippen molar-refractivity contribution in [2.45, 2.75) is 6.61 Å². The van der Waals surface area contributed by atoms with Crippen LogP contribution in [0.2, 0.25) is 0 Å². The van der Waals surface area contributed by atoms with Gasteiger partial charge in [-0.2, -0.15) is 0 Å². The lowest BCUT2D eigenvalue weighted by Crippen LogP contribution is -2.19. The molecule has 2 N–H and O–H groups in total. The number of thiazole rings is 1. The van der Waals surface area contributed by atoms with Gasteiger partial charge in [-0.1, -0.05) is 30.3 Å². The number of ether oxygens (including phenoxy) is 2. The van der Waals surface area contributed by atoms with Gasteiger partial charge < -0.3 is 14.8 Å². The summed E-state index contributed by atoms with van der Waals surface area (Å²) in [6.45, 7) is 7.91. The first-order valence-electron chi connectivity index (χ1n) is 11.0. The summed E-state index contributed by atoms with van der Waals surface area (Å²) in [5.41, 5.74) is 1.82. The molecule has 0 bridgehead atoms. The molecule has 10 heteroatoms. The van der Waals surface area contributed by atoms with E-state index >= 15 is 0 Å². The second-order valence-corrected chi connectivity index (χ2v) is 8.59. The Bertz CT molecular complexity index is 1600. The summed E-state index contributed by atoms with van der Waals surface area (Å²) in [6.07, 6.45) is 3.11. The fourth-order valence-corrected chi connectivity index (χ4v) is 4.01. The van der Waals surface area contributed by atoms with Gasteiger partial charge in [0.2, 0.25) is 5.69 Å². The number of benzene rings is 3. The van der Waals surface area contributed by atoms with Gasteiger partial charge in [0, 0.05) is 29.2 Å². The normalized spacial score (nSPS) is 10.5. The van der Waals surface area contributed by atoms with Gasteiger partial charge in [-0.25, -0.2) is 19.0 Å². The van der Waals surface area contributed by atoms with Crippen molar-refractivity contribution < 1.29 is 18.7 Å². The van der Waals surface area contributed by atoms with Crippen molar-refractivity contribution in [2.75, 3.05) is 10.6 Å². The lowest BCUT2D eigenvalue weighted by molar-refractivity contribution is 0.262. The van der Waals surface area contributed by atoms with Crippen LogP contribution in [0.25, 0.3) is 15.7 Å². The molecule has 5 aromatic rings. The molecule has 0 atom stereocenters. The van der Waals surface area contributed by atoms with E-state index in [4.69, 9.17) is 16.0 Å². The Kier molecular flexibility index (Phi) is 6.87. The Labute approximate surface area is 215 Å². The zero-order valence-corrected chi connectivity index (χ0v) is 20.0. The molecule has 0 saturated heterocycles. The number of carbonyl (C=O) groups excluding carboxylic acids is 1. The average molecular weight is 512 g/mol. The Morgan fingerprint density at radius 1 is 1.00 bits per heavy atom. The van der Waals surface area contributed by atoms with E-state index in [1.807, 2.05) is 30.3 Å². The van der Waals surface area contributed by atoms with Crippen LogP contribution >= 0.6 is 11.3 Å². The first-order chi connectivity index (χ1) is 18.1. The molecule has 0 spiro atoms. The van der Waals surface area contributed by atoms with Crippen molar-refractivity contribution in [2.24, 2.45) is 0 Å². The molecule has 0 aliphatic rings. The molecule has 8 nitrogen and oxygen atoms in total. The summed E-state index contributed by atoms with van der Waals surface area (Å²) >= 11 is 1.25. The molecule has 0 aliphatic heterocycles. The van der Waals surface area contributed by atoms with Gasteiger partial charge in [-0.3, -0.25) is 10.3 Å². The van der Waals surface area contributed by atoms with E-state index in [9.17, 15) is 9.18 Å². The number of carbonyl (C=O) groups is 1. The maximum atomic E-state index is 14.7. The van der Waals surface area contributed by atoms with Crippen LogP contribution in [0.3, 0.4) is 0 Å². The minimum absolute atomic E-state index is 0.0171. The molecule has 0 saturated carbocycles. The zero-order chi connectivity index (χ0) is 25.6. The number of nitrogens with one attached hydrogen (secondary N) is 2. The number of nitrogens with zero attached hydrogens (tertiary/aromatic N) is 3. The molecule has 182 valence electrons. The van der Waals surface area contributed by atoms with Crippen LogP contribution in [-0.2, 0) is 6.61 Å². The van der Waals surface area contributed by atoms with E-state index in [1.165, 1.54) is 29.5 Å². The first-order valence-corrected chi connectivity index (χ1v) is 11.9. The molecule has 0 unspecified atom stereocenters. The van der Waals surface area contributed by atoms with Crippen LogP contribution in [0.4, 0.5) is 25.7 Å². The van der Waals surface area contributed by atoms with Crippen molar-refractivity contribution in [3.63, 3.8) is 0 Å². The predicted octanol–water partition coefficient (Wildman–Crippen LogP) is 7.40. The van der Waals surface area contributed by atoms with E-state index in [0.717, 1.165) is 5.56 Å². The minimum Gasteiger partial charge on any atom is -0.500 e. The van der Waals surface area contributed by atoms with Crippen LogP contribution in [0, 0.1) is 12.4 Å². The van der Waals surface area contributed by atoms with Gasteiger partial charge in [0.25, 0.3) is 0 Å². The van der Waals surface area contributed by atoms with Crippen LogP contribution in [0.1, 0.15) is 5.56 Å². The van der Waals surface area contributed by atoms with Crippen molar-refractivity contribution in [3.8, 4) is 17.2 Å². The van der Waals surface area contributed by atoms with Gasteiger partial charge >= 0.3 is 6.03 Å². The third-order valence-corrected chi connectivity index (χ3v) is 5.90. The molecular formula is C27H18FN5O3S. The Hall–Kier alpha value is -5.01. The molecule has 0 fully saturated rings. The Morgan fingerprint density at radius 2 is 1.86 bits per heavy atom. The Morgan fingerprint density at radius 3 is 2.62 bits per heavy atom. The molecular weight excluding hydrogens is 493 g/mol. The lowest BCUT2D eigenvalue weighted by atomic mass is 10.1. The molecule has 2 heterocycles. The van der Waals surface area contributed by atoms with Gasteiger partial charge in [-0.15, -0.1) is 11.3 Å². The van der Waals surface area contributed by atoms with Crippen molar-refractivity contribution in [1.82, 2.24) is 9.97 Å². The summed E-state index contributed by atoms with van der Waals surface area (Å²) in [4.78, 5) is 24.0. The van der Waals surface area contributed by atoms with E-state index in [0.29, 0.717) is 39.8 Å². The van der Waals surface area contributed by atoms with Crippen LogP contribution in [0.5, 0.6) is 17.2 Å². The monoisotopic (exact) mass is 511 g/mol. The SMILES string of the molecule is [C-]#[N+]c1cc2c(Oc3ccc(NC(=O)Nc4nccs4)c(F)c3)ccnc2cc1OCc1ccccc1. The van der Waals surface area contributed by atoms with Crippen molar-refractivity contribution >= 4 is 44.8 Å². The number of amides is 2. The number of urea groups is 1. The van der Waals surface area contributed by atoms with Gasteiger partial charge in [0.15, 0.2) is 5.13 Å². The third-order valence-electron chi connectivity index (χ3n) is 5.21. The summed E-state index contributed by atoms with van der Waals surface area (Å²) < 4.78 is 26.5. The number of aromatic nitrogens is 2. The number of rotatable bonds is 7. The average Bonchev–Trinajstić information content (AvgIpc) is 3.42. The lowest BCUT2D eigenvalue weighted by Gasteiger charge is -2.13. The van der Waals surface area contributed by atoms with Gasteiger partial charge in [-0.05, 0) is 35.9 Å². The highest BCUT2D eigenvalue weighted by atomic mass is 32.1. The van der Waals surface area contributed by atoms with E-state index in [2.05, 4.69) is 25.4 Å². The number of anilines is 2. The van der Waals surface area contributed by atoms with Crippen LogP contribution in [-0.4, -0.2) is 16.0 Å². The van der Waals surface area contributed by atoms with E-state index < -0.39 is 11.8 Å². The first kappa shape index (κ1) is 23.7. The minimum atomic E-state index is -0.677. The summed E-state index contributed by atoms with van der Waals surface area (Å²) in [7, 11) is 0. The highest BCUT2D eigenvalue weighted by molar-refractivity contribution is 7.13. The fourth-order valence-electron chi connectivity index (χ4n) is 3.49. The topological polar surface area (TPSA) is 89.7 Å². The van der Waals surface area contributed by atoms with E-state index in [1.54, 1.807) is 36.0 Å². The zero-order valence-electron chi connectivity index (χ0n) is 19.1. The summed E-state index contributed by atoms with van der Waals surface area (Å²) in [5, 5.41) is 7.65. The van der Waals surface area contributed by atoms with Crippen molar-refractivity contribution in [1.29, 1.82) is 0 Å². The highest BCUT2D eigenvalue weighted by Crippen LogP contribution is 2.38. The molecule has 0 aliphatic carbocycles. The molecule has 37 heavy (non-hydrogen) atoms. The largest absolute Gasteiger partial charge is 0.500 e. The molecule has 3 aromatic carbocycles. The molecule has 2 aromatic heterocycles. The van der Waals surface area contributed by atoms with Gasteiger partial charge in [0.05, 0.1) is 17.8 Å². The summed E-state index contributed by atoms with van der Waals surface area (Å²) in [6, 6.07) is 18.1. The fraction of sp³-hybridized carbons (Fsp3) is 0.0370. The number of fused-ring (bicyclic) bond motifs is 1. The second-order valence-electron chi connectivity index (χ2n) is 7.69. The number of pyridine rings is 1. The number of hydrogen-bond donors (Lipinski definition) is 2. The van der Waals surface area contributed by atoms with Crippen molar-refractivity contribution in [3.05, 3.63) is 107 Å². The third kappa shape index (κ3) is 5.63. The van der Waals surface area contributed by atoms with E-state index in [-0.39, 0.29) is 11.4 Å².